The fraction of sp³-hybridized carbons (Fsp3) is 0.318. The van der Waals surface area contributed by atoms with Crippen LogP contribution >= 0.6 is 0 Å². The fourth-order valence-corrected chi connectivity index (χ4v) is 3.24. The molecule has 0 radical (unpaired) electrons. The van der Waals surface area contributed by atoms with Gasteiger partial charge in [0, 0.05) is 26.1 Å². The molecule has 0 saturated carbocycles. The average molecular weight is 363 g/mol. The van der Waals surface area contributed by atoms with Crippen molar-refractivity contribution in [3.63, 3.8) is 0 Å². The SMILES string of the molecule is CCN(Cc1ccccc1C)C(=O)CCn1cnc2c(C)cccc2c1=O. The lowest BCUT2D eigenvalue weighted by Crippen LogP contribution is -2.32. The highest BCUT2D eigenvalue weighted by Gasteiger charge is 2.14. The van der Waals surface area contributed by atoms with Gasteiger partial charge in [-0.3, -0.25) is 14.2 Å². The predicted octanol–water partition coefficient (Wildman–Crippen LogP) is 3.45. The van der Waals surface area contributed by atoms with Gasteiger partial charge in [0.05, 0.1) is 17.2 Å². The molecule has 0 aliphatic rings. The van der Waals surface area contributed by atoms with E-state index >= 15 is 0 Å². The van der Waals surface area contributed by atoms with Crippen LogP contribution in [-0.2, 0) is 17.9 Å². The van der Waals surface area contributed by atoms with E-state index < -0.39 is 0 Å². The number of rotatable bonds is 6. The maximum Gasteiger partial charge on any atom is 0.261 e. The van der Waals surface area contributed by atoms with E-state index in [0.29, 0.717) is 25.0 Å². The zero-order valence-corrected chi connectivity index (χ0v) is 16.1. The third-order valence-corrected chi connectivity index (χ3v) is 4.98. The van der Waals surface area contributed by atoms with Gasteiger partial charge in [0.15, 0.2) is 0 Å². The van der Waals surface area contributed by atoms with E-state index in [1.54, 1.807) is 12.4 Å². The summed E-state index contributed by atoms with van der Waals surface area (Å²) in [6.07, 6.45) is 1.82. The number of benzene rings is 2. The molecule has 0 fully saturated rings. The molecule has 0 aliphatic carbocycles. The highest BCUT2D eigenvalue weighted by molar-refractivity contribution is 5.80. The molecule has 1 heterocycles. The molecule has 0 bridgehead atoms. The van der Waals surface area contributed by atoms with Crippen LogP contribution in [0.1, 0.15) is 30.0 Å². The van der Waals surface area contributed by atoms with Crippen LogP contribution in [0.2, 0.25) is 0 Å². The molecule has 0 saturated heterocycles. The number of aryl methyl sites for hydroxylation is 3. The van der Waals surface area contributed by atoms with Crippen LogP contribution in [0.25, 0.3) is 10.9 Å². The number of hydrogen-bond acceptors (Lipinski definition) is 3. The van der Waals surface area contributed by atoms with Gasteiger partial charge in [0.1, 0.15) is 0 Å². The van der Waals surface area contributed by atoms with E-state index in [9.17, 15) is 9.59 Å². The molecule has 5 heteroatoms. The van der Waals surface area contributed by atoms with Gasteiger partial charge in [-0.2, -0.15) is 0 Å². The normalized spacial score (nSPS) is 10.9. The van der Waals surface area contributed by atoms with Crippen LogP contribution in [0.4, 0.5) is 0 Å². The van der Waals surface area contributed by atoms with E-state index in [-0.39, 0.29) is 17.9 Å². The molecule has 0 aliphatic heterocycles. The number of aromatic nitrogens is 2. The lowest BCUT2D eigenvalue weighted by atomic mass is 10.1. The molecule has 0 N–H and O–H groups in total. The highest BCUT2D eigenvalue weighted by Crippen LogP contribution is 2.13. The van der Waals surface area contributed by atoms with Gasteiger partial charge >= 0.3 is 0 Å². The Bertz CT molecular complexity index is 1020. The molecule has 0 unspecified atom stereocenters. The molecular weight excluding hydrogens is 338 g/mol. The predicted molar refractivity (Wildman–Crippen MR) is 108 cm³/mol. The smallest absolute Gasteiger partial charge is 0.261 e. The number of hydrogen-bond donors (Lipinski definition) is 0. The molecule has 1 aromatic heterocycles. The Hall–Kier alpha value is -2.95. The Morgan fingerprint density at radius 3 is 2.56 bits per heavy atom. The fourth-order valence-electron chi connectivity index (χ4n) is 3.24. The first-order valence-electron chi connectivity index (χ1n) is 9.28. The second kappa shape index (κ2) is 8.16. The lowest BCUT2D eigenvalue weighted by Gasteiger charge is -2.22. The number of fused-ring (bicyclic) bond motifs is 1. The Morgan fingerprint density at radius 1 is 1.07 bits per heavy atom. The number of carbonyl (C=O) groups is 1. The maximum absolute atomic E-state index is 12.7. The molecule has 3 aromatic rings. The minimum atomic E-state index is -0.0987. The first kappa shape index (κ1) is 18.8. The summed E-state index contributed by atoms with van der Waals surface area (Å²) in [7, 11) is 0. The van der Waals surface area contributed by atoms with Gasteiger partial charge in [0.2, 0.25) is 5.91 Å². The Balaban J connectivity index is 1.73. The van der Waals surface area contributed by atoms with E-state index in [0.717, 1.165) is 16.6 Å². The van der Waals surface area contributed by atoms with Crippen molar-refractivity contribution in [2.75, 3.05) is 6.54 Å². The molecule has 1 amide bonds. The summed E-state index contributed by atoms with van der Waals surface area (Å²) in [5, 5.41) is 0.595. The summed E-state index contributed by atoms with van der Waals surface area (Å²) in [6, 6.07) is 13.7. The van der Waals surface area contributed by atoms with Crippen molar-refractivity contribution in [2.24, 2.45) is 0 Å². The van der Waals surface area contributed by atoms with Crippen molar-refractivity contribution in [3.8, 4) is 0 Å². The monoisotopic (exact) mass is 363 g/mol. The summed E-state index contributed by atoms with van der Waals surface area (Å²) in [5.41, 5.74) is 3.92. The van der Waals surface area contributed by atoms with Crippen LogP contribution in [0.3, 0.4) is 0 Å². The first-order chi connectivity index (χ1) is 13.0. The molecule has 2 aromatic carbocycles. The van der Waals surface area contributed by atoms with Gasteiger partial charge in [-0.1, -0.05) is 36.4 Å². The van der Waals surface area contributed by atoms with Gasteiger partial charge in [-0.15, -0.1) is 0 Å². The van der Waals surface area contributed by atoms with Gasteiger partial charge in [-0.05, 0) is 43.5 Å². The van der Waals surface area contributed by atoms with Gasteiger partial charge in [-0.25, -0.2) is 4.98 Å². The summed E-state index contributed by atoms with van der Waals surface area (Å²) in [6.45, 7) is 7.52. The molecule has 140 valence electrons. The number of carbonyl (C=O) groups excluding carboxylic acids is 1. The second-order valence-electron chi connectivity index (χ2n) is 6.80. The summed E-state index contributed by atoms with van der Waals surface area (Å²) in [5.74, 6) is 0.0389. The largest absolute Gasteiger partial charge is 0.339 e. The molecular formula is C22H25N3O2. The van der Waals surface area contributed by atoms with E-state index in [2.05, 4.69) is 18.0 Å². The van der Waals surface area contributed by atoms with Crippen LogP contribution in [0, 0.1) is 13.8 Å². The number of para-hydroxylation sites is 1. The third-order valence-electron chi connectivity index (χ3n) is 4.98. The quantitative estimate of drug-likeness (QED) is 0.674. The van der Waals surface area contributed by atoms with Crippen LogP contribution in [0.15, 0.2) is 53.6 Å². The van der Waals surface area contributed by atoms with Crippen molar-refractivity contribution in [3.05, 3.63) is 75.8 Å². The van der Waals surface area contributed by atoms with Crippen molar-refractivity contribution in [2.45, 2.75) is 40.3 Å². The highest BCUT2D eigenvalue weighted by atomic mass is 16.2. The lowest BCUT2D eigenvalue weighted by molar-refractivity contribution is -0.131. The first-order valence-corrected chi connectivity index (χ1v) is 9.28. The minimum absolute atomic E-state index is 0.0389. The molecule has 3 rings (SSSR count). The zero-order chi connectivity index (χ0) is 19.4. The number of nitrogens with zero attached hydrogens (tertiary/aromatic N) is 3. The molecule has 27 heavy (non-hydrogen) atoms. The van der Waals surface area contributed by atoms with Crippen molar-refractivity contribution < 1.29 is 4.79 Å². The minimum Gasteiger partial charge on any atom is -0.339 e. The van der Waals surface area contributed by atoms with E-state index in [1.807, 2.05) is 49.1 Å². The average Bonchev–Trinajstić information content (AvgIpc) is 2.67. The van der Waals surface area contributed by atoms with Crippen molar-refractivity contribution >= 4 is 16.8 Å². The Labute approximate surface area is 159 Å². The van der Waals surface area contributed by atoms with Crippen molar-refractivity contribution in [1.82, 2.24) is 14.5 Å². The van der Waals surface area contributed by atoms with Crippen LogP contribution < -0.4 is 5.56 Å². The van der Waals surface area contributed by atoms with Crippen LogP contribution in [0.5, 0.6) is 0 Å². The van der Waals surface area contributed by atoms with Crippen molar-refractivity contribution in [1.29, 1.82) is 0 Å². The molecule has 0 atom stereocenters. The van der Waals surface area contributed by atoms with E-state index in [1.165, 1.54) is 10.1 Å². The Morgan fingerprint density at radius 2 is 1.81 bits per heavy atom. The number of amides is 1. The molecule has 5 nitrogen and oxygen atoms in total. The van der Waals surface area contributed by atoms with Gasteiger partial charge < -0.3 is 4.90 Å². The van der Waals surface area contributed by atoms with Crippen LogP contribution in [-0.4, -0.2) is 26.9 Å². The summed E-state index contributed by atoms with van der Waals surface area (Å²) >= 11 is 0. The maximum atomic E-state index is 12.7. The zero-order valence-electron chi connectivity index (χ0n) is 16.1. The topological polar surface area (TPSA) is 55.2 Å². The second-order valence-corrected chi connectivity index (χ2v) is 6.80. The molecule has 0 spiro atoms. The third kappa shape index (κ3) is 4.08. The standard InChI is InChI=1S/C22H25N3O2/c1-4-24(14-18-10-6-5-8-16(18)2)20(26)12-13-25-15-23-21-17(3)9-7-11-19(21)22(25)27/h5-11,15H,4,12-14H2,1-3H3. The van der Waals surface area contributed by atoms with E-state index in [4.69, 9.17) is 0 Å². The Kier molecular flexibility index (Phi) is 5.69. The summed E-state index contributed by atoms with van der Waals surface area (Å²) < 4.78 is 1.53. The summed E-state index contributed by atoms with van der Waals surface area (Å²) in [4.78, 5) is 31.6. The van der Waals surface area contributed by atoms with Gasteiger partial charge in [0.25, 0.3) is 5.56 Å².